The molecule has 21 heavy (non-hydrogen) atoms. The molecule has 0 saturated heterocycles. The molecule has 3 N–H and O–H groups in total. The lowest BCUT2D eigenvalue weighted by Crippen LogP contribution is -2.19. The summed E-state index contributed by atoms with van der Waals surface area (Å²) in [6, 6.07) is 13.9. The lowest BCUT2D eigenvalue weighted by Gasteiger charge is -2.07. The number of anilines is 2. The molecule has 1 amide bonds. The SMILES string of the molecule is Nc1cc(NC(=O)COCCc2ccccc2)ccc1F. The van der Waals surface area contributed by atoms with Crippen LogP contribution < -0.4 is 11.1 Å². The van der Waals surface area contributed by atoms with Gasteiger partial charge < -0.3 is 15.8 Å². The van der Waals surface area contributed by atoms with E-state index in [9.17, 15) is 9.18 Å². The average Bonchev–Trinajstić information content (AvgIpc) is 2.49. The highest BCUT2D eigenvalue weighted by atomic mass is 19.1. The van der Waals surface area contributed by atoms with Gasteiger partial charge in [0.1, 0.15) is 12.4 Å². The molecule has 0 aliphatic rings. The van der Waals surface area contributed by atoms with Crippen molar-refractivity contribution in [1.82, 2.24) is 0 Å². The van der Waals surface area contributed by atoms with Crippen LogP contribution in [-0.2, 0) is 16.0 Å². The number of amides is 1. The average molecular weight is 288 g/mol. The molecule has 0 aliphatic heterocycles. The fourth-order valence-corrected chi connectivity index (χ4v) is 1.82. The number of ether oxygens (including phenoxy) is 1. The van der Waals surface area contributed by atoms with Crippen molar-refractivity contribution in [3.05, 3.63) is 59.9 Å². The molecule has 2 rings (SSSR count). The maximum Gasteiger partial charge on any atom is 0.250 e. The monoisotopic (exact) mass is 288 g/mol. The highest BCUT2D eigenvalue weighted by molar-refractivity contribution is 5.92. The van der Waals surface area contributed by atoms with Gasteiger partial charge in [-0.25, -0.2) is 4.39 Å². The number of carbonyl (C=O) groups is 1. The number of nitrogens with two attached hydrogens (primary N) is 1. The normalized spacial score (nSPS) is 10.3. The minimum Gasteiger partial charge on any atom is -0.396 e. The number of carbonyl (C=O) groups excluding carboxylic acids is 1. The quantitative estimate of drug-likeness (QED) is 0.634. The largest absolute Gasteiger partial charge is 0.396 e. The van der Waals surface area contributed by atoms with E-state index >= 15 is 0 Å². The summed E-state index contributed by atoms with van der Waals surface area (Å²) in [4.78, 5) is 11.6. The number of nitrogens with one attached hydrogen (secondary N) is 1. The topological polar surface area (TPSA) is 64.3 Å². The zero-order chi connectivity index (χ0) is 15.1. The summed E-state index contributed by atoms with van der Waals surface area (Å²) in [6.07, 6.45) is 0.748. The predicted molar refractivity (Wildman–Crippen MR) is 80.4 cm³/mol. The molecule has 0 heterocycles. The number of nitrogen functional groups attached to an aromatic ring is 1. The van der Waals surface area contributed by atoms with Crippen molar-refractivity contribution in [3.8, 4) is 0 Å². The number of rotatable bonds is 6. The van der Waals surface area contributed by atoms with Crippen molar-refractivity contribution in [3.63, 3.8) is 0 Å². The van der Waals surface area contributed by atoms with Crippen molar-refractivity contribution in [2.75, 3.05) is 24.3 Å². The van der Waals surface area contributed by atoms with E-state index in [1.54, 1.807) is 0 Å². The van der Waals surface area contributed by atoms with Crippen molar-refractivity contribution in [2.24, 2.45) is 0 Å². The maximum absolute atomic E-state index is 13.0. The summed E-state index contributed by atoms with van der Waals surface area (Å²) in [5.74, 6) is -0.804. The van der Waals surface area contributed by atoms with Crippen LogP contribution in [0.2, 0.25) is 0 Å². The zero-order valence-electron chi connectivity index (χ0n) is 11.5. The first-order chi connectivity index (χ1) is 10.1. The van der Waals surface area contributed by atoms with E-state index in [-0.39, 0.29) is 18.2 Å². The lowest BCUT2D eigenvalue weighted by atomic mass is 10.2. The number of benzene rings is 2. The molecule has 0 aromatic heterocycles. The summed E-state index contributed by atoms with van der Waals surface area (Å²) in [7, 11) is 0. The molecular formula is C16H17FN2O2. The van der Waals surface area contributed by atoms with E-state index in [4.69, 9.17) is 10.5 Å². The summed E-state index contributed by atoms with van der Waals surface area (Å²) in [5, 5.41) is 2.60. The summed E-state index contributed by atoms with van der Waals surface area (Å²) < 4.78 is 18.3. The van der Waals surface area contributed by atoms with Gasteiger partial charge in [-0.15, -0.1) is 0 Å². The summed E-state index contributed by atoms with van der Waals surface area (Å²) in [5.41, 5.74) is 7.03. The van der Waals surface area contributed by atoms with Gasteiger partial charge in [0.25, 0.3) is 0 Å². The van der Waals surface area contributed by atoms with E-state index in [2.05, 4.69) is 5.32 Å². The van der Waals surface area contributed by atoms with Crippen molar-refractivity contribution in [2.45, 2.75) is 6.42 Å². The van der Waals surface area contributed by atoms with Crippen LogP contribution in [0, 0.1) is 5.82 Å². The van der Waals surface area contributed by atoms with Gasteiger partial charge in [0.2, 0.25) is 5.91 Å². The molecule has 0 atom stereocenters. The molecule has 2 aromatic rings. The zero-order valence-corrected chi connectivity index (χ0v) is 11.5. The van der Waals surface area contributed by atoms with Gasteiger partial charge >= 0.3 is 0 Å². The summed E-state index contributed by atoms with van der Waals surface area (Å²) in [6.45, 7) is 0.410. The first kappa shape index (κ1) is 15.0. The Labute approximate surface area is 122 Å². The highest BCUT2D eigenvalue weighted by Gasteiger charge is 2.05. The van der Waals surface area contributed by atoms with Crippen LogP contribution in [0.1, 0.15) is 5.56 Å². The van der Waals surface area contributed by atoms with E-state index in [1.807, 2.05) is 30.3 Å². The standard InChI is InChI=1S/C16H17FN2O2/c17-14-7-6-13(10-15(14)18)19-16(20)11-21-9-8-12-4-2-1-3-5-12/h1-7,10H,8-9,11,18H2,(H,19,20). The number of hydrogen-bond acceptors (Lipinski definition) is 3. The molecule has 0 bridgehead atoms. The minimum absolute atomic E-state index is 0.00204. The lowest BCUT2D eigenvalue weighted by molar-refractivity contribution is -0.120. The molecule has 0 spiro atoms. The Hall–Kier alpha value is -2.40. The first-order valence-electron chi connectivity index (χ1n) is 6.61. The second kappa shape index (κ2) is 7.40. The van der Waals surface area contributed by atoms with E-state index in [1.165, 1.54) is 18.2 Å². The summed E-state index contributed by atoms with van der Waals surface area (Å²) >= 11 is 0. The van der Waals surface area contributed by atoms with Gasteiger partial charge in [-0.3, -0.25) is 4.79 Å². The Morgan fingerprint density at radius 3 is 2.67 bits per heavy atom. The van der Waals surface area contributed by atoms with Crippen molar-refractivity contribution < 1.29 is 13.9 Å². The van der Waals surface area contributed by atoms with Gasteiger partial charge in [0.15, 0.2) is 0 Å². The number of halogens is 1. The molecule has 0 radical (unpaired) electrons. The van der Waals surface area contributed by atoms with Gasteiger partial charge in [-0.05, 0) is 30.2 Å². The molecule has 0 saturated carbocycles. The van der Waals surface area contributed by atoms with Crippen LogP contribution in [-0.4, -0.2) is 19.1 Å². The molecule has 2 aromatic carbocycles. The molecule has 0 aliphatic carbocycles. The molecule has 110 valence electrons. The van der Waals surface area contributed by atoms with Crippen molar-refractivity contribution in [1.29, 1.82) is 0 Å². The van der Waals surface area contributed by atoms with Crippen LogP contribution in [0.15, 0.2) is 48.5 Å². The van der Waals surface area contributed by atoms with Crippen LogP contribution in [0.3, 0.4) is 0 Å². The highest BCUT2D eigenvalue weighted by Crippen LogP contribution is 2.16. The molecule has 0 unspecified atom stereocenters. The Balaban J connectivity index is 1.71. The van der Waals surface area contributed by atoms with Crippen LogP contribution >= 0.6 is 0 Å². The first-order valence-corrected chi connectivity index (χ1v) is 6.61. The third-order valence-electron chi connectivity index (χ3n) is 2.89. The Morgan fingerprint density at radius 2 is 1.95 bits per heavy atom. The Morgan fingerprint density at radius 1 is 1.19 bits per heavy atom. The van der Waals surface area contributed by atoms with E-state index in [0.29, 0.717) is 12.3 Å². The molecule has 0 fully saturated rings. The van der Waals surface area contributed by atoms with Gasteiger partial charge in [0.05, 0.1) is 12.3 Å². The molecule has 4 nitrogen and oxygen atoms in total. The number of hydrogen-bond donors (Lipinski definition) is 2. The fourth-order valence-electron chi connectivity index (χ4n) is 1.82. The van der Waals surface area contributed by atoms with Crippen LogP contribution in [0.5, 0.6) is 0 Å². The Kier molecular flexibility index (Phi) is 5.29. The molecule has 5 heteroatoms. The third-order valence-corrected chi connectivity index (χ3v) is 2.89. The van der Waals surface area contributed by atoms with Gasteiger partial charge in [0, 0.05) is 5.69 Å². The van der Waals surface area contributed by atoms with Crippen LogP contribution in [0.25, 0.3) is 0 Å². The van der Waals surface area contributed by atoms with E-state index in [0.717, 1.165) is 12.0 Å². The second-order valence-electron chi connectivity index (χ2n) is 4.57. The molecular weight excluding hydrogens is 271 g/mol. The smallest absolute Gasteiger partial charge is 0.250 e. The van der Waals surface area contributed by atoms with Crippen molar-refractivity contribution >= 4 is 17.3 Å². The Bertz CT molecular complexity index is 602. The maximum atomic E-state index is 13.0. The van der Waals surface area contributed by atoms with Crippen LogP contribution in [0.4, 0.5) is 15.8 Å². The predicted octanol–water partition coefficient (Wildman–Crippen LogP) is 2.61. The fraction of sp³-hybridized carbons (Fsp3) is 0.188. The minimum atomic E-state index is -0.507. The van der Waals surface area contributed by atoms with Gasteiger partial charge in [-0.2, -0.15) is 0 Å². The second-order valence-corrected chi connectivity index (χ2v) is 4.57. The van der Waals surface area contributed by atoms with E-state index < -0.39 is 5.82 Å². The van der Waals surface area contributed by atoms with Gasteiger partial charge in [-0.1, -0.05) is 30.3 Å². The third kappa shape index (κ3) is 4.89.